The highest BCUT2D eigenvalue weighted by molar-refractivity contribution is 5.30. The van der Waals surface area contributed by atoms with Crippen molar-refractivity contribution in [3.8, 4) is 0 Å². The molecule has 0 spiro atoms. The Morgan fingerprint density at radius 2 is 2.56 bits per heavy atom. The van der Waals surface area contributed by atoms with Gasteiger partial charge in [-0.3, -0.25) is 9.89 Å². The third kappa shape index (κ3) is 0.495. The molecule has 0 aliphatic heterocycles. The zero-order valence-electron chi connectivity index (χ0n) is 4.50. The Morgan fingerprint density at radius 1 is 1.67 bits per heavy atom. The molecule has 0 unspecified atom stereocenters. The molecule has 0 radical (unpaired) electrons. The summed E-state index contributed by atoms with van der Waals surface area (Å²) >= 11 is 0. The van der Waals surface area contributed by atoms with E-state index in [-0.39, 0.29) is 5.56 Å². The third-order valence-electron chi connectivity index (χ3n) is 1.12. The molecule has 2 rings (SSSR count). The topological polar surface area (TPSA) is 50.4 Å². The van der Waals surface area contributed by atoms with Crippen LogP contribution in [0.5, 0.6) is 0 Å². The highest BCUT2D eigenvalue weighted by Crippen LogP contribution is 1.96. The van der Waals surface area contributed by atoms with Crippen molar-refractivity contribution in [3.05, 3.63) is 28.9 Å². The van der Waals surface area contributed by atoms with Crippen molar-refractivity contribution in [2.45, 2.75) is 0 Å². The van der Waals surface area contributed by atoms with Gasteiger partial charge in [-0.05, 0) is 0 Å². The molecule has 2 heterocycles. The molecular weight excluding hydrogens is 120 g/mol. The summed E-state index contributed by atoms with van der Waals surface area (Å²) in [7, 11) is 0. The van der Waals surface area contributed by atoms with E-state index in [1.54, 1.807) is 6.20 Å². The number of aromatic nitrogens is 2. The van der Waals surface area contributed by atoms with E-state index < -0.39 is 0 Å². The van der Waals surface area contributed by atoms with Crippen LogP contribution in [0.3, 0.4) is 0 Å². The SMILES string of the molecule is O=c1cc2occn2[nH]1. The Kier molecular flexibility index (Phi) is 0.631. The van der Waals surface area contributed by atoms with Crippen LogP contribution >= 0.6 is 0 Å². The first-order valence-corrected chi connectivity index (χ1v) is 2.51. The van der Waals surface area contributed by atoms with Crippen LogP contribution in [-0.2, 0) is 0 Å². The van der Waals surface area contributed by atoms with Crippen LogP contribution in [0.2, 0.25) is 0 Å². The van der Waals surface area contributed by atoms with Gasteiger partial charge in [0, 0.05) is 0 Å². The number of nitrogens with zero attached hydrogens (tertiary/aromatic N) is 1. The van der Waals surface area contributed by atoms with E-state index in [9.17, 15) is 4.79 Å². The van der Waals surface area contributed by atoms with Gasteiger partial charge in [-0.25, -0.2) is 4.52 Å². The molecule has 1 N–H and O–H groups in total. The molecule has 0 aliphatic rings. The fraction of sp³-hybridized carbons (Fsp3) is 0. The highest BCUT2D eigenvalue weighted by atomic mass is 16.3. The maximum absolute atomic E-state index is 10.5. The first kappa shape index (κ1) is 4.43. The quantitative estimate of drug-likeness (QED) is 0.546. The summed E-state index contributed by atoms with van der Waals surface area (Å²) in [6, 6.07) is 1.39. The van der Waals surface area contributed by atoms with Gasteiger partial charge in [-0.2, -0.15) is 0 Å². The minimum absolute atomic E-state index is 0.144. The van der Waals surface area contributed by atoms with Crippen LogP contribution in [0, 0.1) is 0 Å². The van der Waals surface area contributed by atoms with Gasteiger partial charge in [0.15, 0.2) is 0 Å². The van der Waals surface area contributed by atoms with E-state index in [1.807, 2.05) is 0 Å². The van der Waals surface area contributed by atoms with E-state index in [2.05, 4.69) is 5.10 Å². The van der Waals surface area contributed by atoms with Gasteiger partial charge in [0.2, 0.25) is 5.71 Å². The largest absolute Gasteiger partial charge is 0.445 e. The lowest BCUT2D eigenvalue weighted by Crippen LogP contribution is -1.97. The molecule has 2 aromatic heterocycles. The predicted octanol–water partition coefficient (Wildman–Crippen LogP) is 0.221. The summed E-state index contributed by atoms with van der Waals surface area (Å²) in [6.45, 7) is 0. The maximum Gasteiger partial charge on any atom is 0.268 e. The van der Waals surface area contributed by atoms with E-state index in [1.165, 1.54) is 16.8 Å². The third-order valence-corrected chi connectivity index (χ3v) is 1.12. The lowest BCUT2D eigenvalue weighted by Gasteiger charge is -1.72. The smallest absolute Gasteiger partial charge is 0.268 e. The molecule has 0 saturated heterocycles. The van der Waals surface area contributed by atoms with E-state index in [0.29, 0.717) is 5.71 Å². The zero-order chi connectivity index (χ0) is 6.27. The molecule has 0 aromatic carbocycles. The normalized spacial score (nSPS) is 10.7. The minimum Gasteiger partial charge on any atom is -0.445 e. The molecule has 0 aliphatic carbocycles. The monoisotopic (exact) mass is 124 g/mol. The molecule has 0 saturated carbocycles. The number of H-pyrrole nitrogens is 1. The van der Waals surface area contributed by atoms with Crippen molar-refractivity contribution in [3.63, 3.8) is 0 Å². The van der Waals surface area contributed by atoms with Gasteiger partial charge in [-0.15, -0.1) is 0 Å². The van der Waals surface area contributed by atoms with Crippen LogP contribution in [-0.4, -0.2) is 9.61 Å². The van der Waals surface area contributed by atoms with Gasteiger partial charge < -0.3 is 4.42 Å². The average molecular weight is 124 g/mol. The molecule has 4 heteroatoms. The summed E-state index contributed by atoms with van der Waals surface area (Å²) in [5.74, 6) is 0. The van der Waals surface area contributed by atoms with Gasteiger partial charge in [-0.1, -0.05) is 0 Å². The molecule has 0 amide bonds. The summed E-state index contributed by atoms with van der Waals surface area (Å²) in [6.07, 6.45) is 3.14. The number of hydrogen-bond donors (Lipinski definition) is 1. The number of oxazole rings is 1. The average Bonchev–Trinajstić information content (AvgIpc) is 2.22. The molecule has 0 atom stereocenters. The summed E-state index contributed by atoms with van der Waals surface area (Å²) in [4.78, 5) is 10.5. The fourth-order valence-corrected chi connectivity index (χ4v) is 0.750. The molecule has 0 fully saturated rings. The maximum atomic E-state index is 10.5. The molecule has 9 heavy (non-hydrogen) atoms. The highest BCUT2D eigenvalue weighted by Gasteiger charge is 1.94. The zero-order valence-corrected chi connectivity index (χ0v) is 4.50. The summed E-state index contributed by atoms with van der Waals surface area (Å²) < 4.78 is 6.39. The molecule has 46 valence electrons. The molecular formula is C5H4N2O2. The summed E-state index contributed by atoms with van der Waals surface area (Å²) in [5.41, 5.74) is 0.398. The second kappa shape index (κ2) is 1.28. The molecule has 0 bridgehead atoms. The number of aromatic amines is 1. The van der Waals surface area contributed by atoms with Gasteiger partial charge in [0.1, 0.15) is 6.26 Å². The first-order valence-electron chi connectivity index (χ1n) is 2.51. The Balaban J connectivity index is 3.08. The second-order valence-corrected chi connectivity index (χ2v) is 1.73. The number of rotatable bonds is 0. The van der Waals surface area contributed by atoms with Crippen molar-refractivity contribution in [1.82, 2.24) is 9.61 Å². The van der Waals surface area contributed by atoms with Gasteiger partial charge >= 0.3 is 0 Å². The van der Waals surface area contributed by atoms with Crippen molar-refractivity contribution in [1.29, 1.82) is 0 Å². The van der Waals surface area contributed by atoms with Crippen molar-refractivity contribution in [2.24, 2.45) is 0 Å². The minimum atomic E-state index is -0.144. The number of nitrogens with one attached hydrogen (secondary N) is 1. The van der Waals surface area contributed by atoms with Crippen LogP contribution in [0.4, 0.5) is 0 Å². The van der Waals surface area contributed by atoms with E-state index in [4.69, 9.17) is 4.42 Å². The van der Waals surface area contributed by atoms with E-state index >= 15 is 0 Å². The Morgan fingerprint density at radius 3 is 3.33 bits per heavy atom. The Hall–Kier alpha value is -1.45. The standard InChI is InChI=1S/C5H4N2O2/c8-4-3-5-7(6-4)1-2-9-5/h1-3H,(H,6,8). The molecule has 4 nitrogen and oxygen atoms in total. The fourth-order valence-electron chi connectivity index (χ4n) is 0.750. The lowest BCUT2D eigenvalue weighted by atomic mass is 10.7. The van der Waals surface area contributed by atoms with Crippen LogP contribution < -0.4 is 5.56 Å². The van der Waals surface area contributed by atoms with Gasteiger partial charge in [0.25, 0.3) is 5.56 Å². The van der Waals surface area contributed by atoms with Crippen molar-refractivity contribution >= 4 is 5.71 Å². The van der Waals surface area contributed by atoms with E-state index in [0.717, 1.165) is 0 Å². The van der Waals surface area contributed by atoms with Crippen molar-refractivity contribution < 1.29 is 4.42 Å². The second-order valence-electron chi connectivity index (χ2n) is 1.73. The Labute approximate surface area is 49.7 Å². The summed E-state index contributed by atoms with van der Waals surface area (Å²) in [5, 5.41) is 2.51. The van der Waals surface area contributed by atoms with Crippen LogP contribution in [0.15, 0.2) is 27.7 Å². The Bertz CT molecular complexity index is 336. The van der Waals surface area contributed by atoms with Crippen LogP contribution in [0.1, 0.15) is 0 Å². The van der Waals surface area contributed by atoms with Crippen LogP contribution in [0.25, 0.3) is 5.71 Å². The predicted molar refractivity (Wildman–Crippen MR) is 30.3 cm³/mol. The number of hydrogen-bond acceptors (Lipinski definition) is 2. The first-order chi connectivity index (χ1) is 4.36. The number of fused-ring (bicyclic) bond motifs is 1. The molecule has 2 aromatic rings. The van der Waals surface area contributed by atoms with Crippen molar-refractivity contribution in [2.75, 3.05) is 0 Å². The van der Waals surface area contributed by atoms with Gasteiger partial charge in [0.05, 0.1) is 12.3 Å². The lowest BCUT2D eigenvalue weighted by molar-refractivity contribution is 0.606.